The van der Waals surface area contributed by atoms with Crippen LogP contribution in [0.2, 0.25) is 6.82 Å². The number of pyridine rings is 1. The van der Waals surface area contributed by atoms with Gasteiger partial charge in [-0.05, 0) is 15.9 Å². The Hall–Kier alpha value is -0.305. The molecule has 0 fully saturated rings. The van der Waals surface area contributed by atoms with Gasteiger partial charge >= 0.3 is 0 Å². The van der Waals surface area contributed by atoms with Gasteiger partial charge in [-0.2, -0.15) is 0 Å². The van der Waals surface area contributed by atoms with Crippen LogP contribution in [0.1, 0.15) is 0 Å². The largest absolute Gasteiger partial charge is 0.264 e. The van der Waals surface area contributed by atoms with Crippen molar-refractivity contribution in [3.05, 3.63) is 22.9 Å². The van der Waals surface area contributed by atoms with Crippen LogP contribution in [0.15, 0.2) is 22.9 Å². The summed E-state index contributed by atoms with van der Waals surface area (Å²) in [5.74, 6) is 0. The molecular weight excluding hydrogens is 177 g/mol. The molecule has 0 aliphatic carbocycles. The maximum absolute atomic E-state index is 4.01. The highest BCUT2D eigenvalue weighted by Crippen LogP contribution is 2.02. The normalized spacial score (nSPS) is 9.11. The molecule has 46 valence electrons. The average molecular weight is 184 g/mol. The van der Waals surface area contributed by atoms with Gasteiger partial charge < -0.3 is 0 Å². The zero-order valence-corrected chi connectivity index (χ0v) is 6.85. The smallest absolute Gasteiger partial charge is 0.156 e. The maximum Gasteiger partial charge on any atom is 0.156 e. The Labute approximate surface area is 63.9 Å². The first kappa shape index (κ1) is 6.81. The molecule has 9 heavy (non-hydrogen) atoms. The van der Waals surface area contributed by atoms with Gasteiger partial charge in [0.25, 0.3) is 0 Å². The van der Waals surface area contributed by atoms with E-state index in [1.54, 1.807) is 6.20 Å². The van der Waals surface area contributed by atoms with Crippen molar-refractivity contribution in [1.82, 2.24) is 4.98 Å². The molecule has 3 heteroatoms. The van der Waals surface area contributed by atoms with E-state index in [-0.39, 0.29) is 0 Å². The van der Waals surface area contributed by atoms with E-state index in [9.17, 15) is 0 Å². The fourth-order valence-corrected chi connectivity index (χ4v) is 1.06. The highest BCUT2D eigenvalue weighted by atomic mass is 79.9. The third kappa shape index (κ3) is 1.82. The topological polar surface area (TPSA) is 12.9 Å². The van der Waals surface area contributed by atoms with Gasteiger partial charge in [0.15, 0.2) is 7.28 Å². The van der Waals surface area contributed by atoms with E-state index in [2.05, 4.69) is 33.8 Å². The second-order valence-electron chi connectivity index (χ2n) is 1.86. The third-order valence-corrected chi connectivity index (χ3v) is 1.60. The van der Waals surface area contributed by atoms with Crippen molar-refractivity contribution >= 4 is 28.7 Å². The quantitative estimate of drug-likeness (QED) is 0.592. The minimum Gasteiger partial charge on any atom is -0.264 e. The Morgan fingerprint density at radius 1 is 1.56 bits per heavy atom. The second-order valence-corrected chi connectivity index (χ2v) is 2.78. The Bertz CT molecular complexity index is 202. The average Bonchev–Trinajstić information content (AvgIpc) is 1.88. The van der Waals surface area contributed by atoms with Crippen LogP contribution < -0.4 is 5.46 Å². The van der Waals surface area contributed by atoms with E-state index in [1.165, 1.54) is 5.46 Å². The van der Waals surface area contributed by atoms with Crippen LogP contribution in [0.5, 0.6) is 0 Å². The Morgan fingerprint density at radius 2 is 2.33 bits per heavy atom. The summed E-state index contributed by atoms with van der Waals surface area (Å²) in [6, 6.07) is 2.08. The van der Waals surface area contributed by atoms with Gasteiger partial charge in [-0.3, -0.25) is 4.98 Å². The number of hydrogen-bond acceptors (Lipinski definition) is 1. The number of halogens is 1. The first-order valence-corrected chi connectivity index (χ1v) is 3.71. The molecule has 0 unspecified atom stereocenters. The highest BCUT2D eigenvalue weighted by Gasteiger charge is 1.89. The van der Waals surface area contributed by atoms with Crippen LogP contribution in [0.3, 0.4) is 0 Å². The minimum absolute atomic E-state index is 1.05. The molecule has 0 atom stereocenters. The molecule has 0 saturated heterocycles. The summed E-state index contributed by atoms with van der Waals surface area (Å²) in [5.41, 5.74) is 1.27. The van der Waals surface area contributed by atoms with E-state index in [0.717, 1.165) is 11.8 Å². The summed E-state index contributed by atoms with van der Waals surface area (Å²) >= 11 is 3.34. The van der Waals surface area contributed by atoms with Crippen molar-refractivity contribution in [3.8, 4) is 0 Å². The highest BCUT2D eigenvalue weighted by molar-refractivity contribution is 9.10. The molecule has 1 rings (SSSR count). The molecule has 1 nitrogen and oxygen atoms in total. The van der Waals surface area contributed by atoms with Gasteiger partial charge in [0.1, 0.15) is 0 Å². The number of nitrogens with zero attached hydrogens (tertiary/aromatic N) is 1. The molecular formula is C6H7BBrN. The van der Waals surface area contributed by atoms with Crippen LogP contribution in [0, 0.1) is 0 Å². The first-order chi connectivity index (χ1) is 4.33. The Balaban J connectivity index is 2.94. The molecule has 0 amide bonds. The van der Waals surface area contributed by atoms with Crippen LogP contribution in [-0.2, 0) is 0 Å². The van der Waals surface area contributed by atoms with E-state index in [0.29, 0.717) is 0 Å². The van der Waals surface area contributed by atoms with Gasteiger partial charge in [-0.1, -0.05) is 18.4 Å². The number of rotatable bonds is 1. The molecule has 0 aliphatic rings. The number of hydrogen-bond donors (Lipinski definition) is 0. The summed E-state index contributed by atoms with van der Waals surface area (Å²) in [6.07, 6.45) is 3.67. The Morgan fingerprint density at radius 3 is 2.78 bits per heavy atom. The van der Waals surface area contributed by atoms with Crippen LogP contribution >= 0.6 is 15.9 Å². The molecule has 0 saturated carbocycles. The van der Waals surface area contributed by atoms with Crippen LogP contribution in [0.25, 0.3) is 0 Å². The summed E-state index contributed by atoms with van der Waals surface area (Å²) in [5, 5.41) is 0. The fraction of sp³-hybridized carbons (Fsp3) is 0.167. The lowest BCUT2D eigenvalue weighted by Crippen LogP contribution is -2.09. The summed E-state index contributed by atoms with van der Waals surface area (Å²) in [7, 11) is 1.05. The lowest BCUT2D eigenvalue weighted by Gasteiger charge is -1.92. The van der Waals surface area contributed by atoms with Crippen molar-refractivity contribution in [2.75, 3.05) is 0 Å². The van der Waals surface area contributed by atoms with Crippen LogP contribution in [0.4, 0.5) is 0 Å². The SMILES string of the molecule is CBc1cncc(Br)c1. The molecule has 0 radical (unpaired) electrons. The lowest BCUT2D eigenvalue weighted by molar-refractivity contribution is 1.33. The van der Waals surface area contributed by atoms with Crippen LogP contribution in [-0.4, -0.2) is 12.3 Å². The predicted octanol–water partition coefficient (Wildman–Crippen LogP) is 0.954. The van der Waals surface area contributed by atoms with E-state index in [1.807, 2.05) is 6.20 Å². The van der Waals surface area contributed by atoms with Gasteiger partial charge in [0.05, 0.1) is 0 Å². The van der Waals surface area contributed by atoms with E-state index >= 15 is 0 Å². The van der Waals surface area contributed by atoms with Crippen molar-refractivity contribution in [2.45, 2.75) is 6.82 Å². The predicted molar refractivity (Wildman–Crippen MR) is 44.6 cm³/mol. The molecule has 0 spiro atoms. The van der Waals surface area contributed by atoms with Crippen molar-refractivity contribution in [1.29, 1.82) is 0 Å². The first-order valence-electron chi connectivity index (χ1n) is 2.92. The van der Waals surface area contributed by atoms with Crippen molar-refractivity contribution in [3.63, 3.8) is 0 Å². The molecule has 0 aromatic carbocycles. The lowest BCUT2D eigenvalue weighted by atomic mass is 9.74. The Kier molecular flexibility index (Phi) is 2.28. The standard InChI is InChI=1S/C6H7BBrN/c1-7-5-2-6(8)4-9-3-5/h2-4,7H,1H3. The monoisotopic (exact) mass is 183 g/mol. The fourth-order valence-electron chi connectivity index (χ4n) is 0.649. The zero-order chi connectivity index (χ0) is 6.69. The van der Waals surface area contributed by atoms with Gasteiger partial charge in [-0.25, -0.2) is 0 Å². The van der Waals surface area contributed by atoms with Crippen molar-refractivity contribution < 1.29 is 0 Å². The summed E-state index contributed by atoms with van der Waals surface area (Å²) < 4.78 is 1.06. The van der Waals surface area contributed by atoms with Gasteiger partial charge in [0.2, 0.25) is 0 Å². The van der Waals surface area contributed by atoms with E-state index in [4.69, 9.17) is 0 Å². The zero-order valence-electron chi connectivity index (χ0n) is 5.26. The van der Waals surface area contributed by atoms with E-state index < -0.39 is 0 Å². The third-order valence-electron chi connectivity index (χ3n) is 1.17. The number of aromatic nitrogens is 1. The molecule has 1 heterocycles. The molecule has 1 aromatic heterocycles. The second kappa shape index (κ2) is 3.02. The molecule has 0 bridgehead atoms. The van der Waals surface area contributed by atoms with Gasteiger partial charge in [-0.15, -0.1) is 0 Å². The summed E-state index contributed by atoms with van der Waals surface area (Å²) in [6.45, 7) is 2.11. The van der Waals surface area contributed by atoms with Gasteiger partial charge in [0, 0.05) is 16.9 Å². The maximum atomic E-state index is 4.01. The molecule has 0 aliphatic heterocycles. The van der Waals surface area contributed by atoms with Crippen molar-refractivity contribution in [2.24, 2.45) is 0 Å². The minimum atomic E-state index is 1.05. The summed E-state index contributed by atoms with van der Waals surface area (Å²) in [4.78, 5) is 4.01. The molecule has 0 N–H and O–H groups in total. The molecule has 1 aromatic rings.